The SMILES string of the molecule is CCNC(=O)c1ccc(NCC(C)(O)CC(C)C)nn1. The molecule has 3 N–H and O–H groups in total. The zero-order valence-electron chi connectivity index (χ0n) is 12.6. The van der Waals surface area contributed by atoms with Gasteiger partial charge >= 0.3 is 0 Å². The topological polar surface area (TPSA) is 87.1 Å². The fraction of sp³-hybridized carbons (Fsp3) is 0.643. The minimum absolute atomic E-state index is 0.238. The standard InChI is InChI=1S/C14H24N4O2/c1-5-15-13(19)11-6-7-12(18-17-11)16-9-14(4,20)8-10(2)3/h6-7,10,20H,5,8-9H2,1-4H3,(H,15,19)(H,16,18). The predicted molar refractivity (Wildman–Crippen MR) is 78.6 cm³/mol. The van der Waals surface area contributed by atoms with E-state index in [1.165, 1.54) is 0 Å². The summed E-state index contributed by atoms with van der Waals surface area (Å²) < 4.78 is 0. The minimum atomic E-state index is -0.798. The Balaban J connectivity index is 2.55. The van der Waals surface area contributed by atoms with Gasteiger partial charge in [-0.1, -0.05) is 13.8 Å². The number of aromatic nitrogens is 2. The lowest BCUT2D eigenvalue weighted by Gasteiger charge is -2.25. The van der Waals surface area contributed by atoms with Crippen LogP contribution < -0.4 is 10.6 Å². The van der Waals surface area contributed by atoms with Crippen LogP contribution in [0.2, 0.25) is 0 Å². The van der Waals surface area contributed by atoms with E-state index in [9.17, 15) is 9.90 Å². The molecule has 0 fully saturated rings. The molecule has 0 aliphatic carbocycles. The largest absolute Gasteiger partial charge is 0.388 e. The van der Waals surface area contributed by atoms with Crippen LogP contribution in [0.4, 0.5) is 5.82 Å². The summed E-state index contributed by atoms with van der Waals surface area (Å²) >= 11 is 0. The minimum Gasteiger partial charge on any atom is -0.388 e. The number of hydrogen-bond donors (Lipinski definition) is 3. The fourth-order valence-corrected chi connectivity index (χ4v) is 2.03. The predicted octanol–water partition coefficient (Wildman–Crippen LogP) is 1.44. The van der Waals surface area contributed by atoms with E-state index in [1.54, 1.807) is 19.1 Å². The number of anilines is 1. The van der Waals surface area contributed by atoms with Crippen LogP contribution in [0.25, 0.3) is 0 Å². The number of carbonyl (C=O) groups is 1. The van der Waals surface area contributed by atoms with Crippen molar-refractivity contribution in [2.75, 3.05) is 18.4 Å². The van der Waals surface area contributed by atoms with Gasteiger partial charge in [0.05, 0.1) is 5.60 Å². The second kappa shape index (κ2) is 7.19. The molecule has 0 radical (unpaired) electrons. The summed E-state index contributed by atoms with van der Waals surface area (Å²) in [4.78, 5) is 11.5. The Morgan fingerprint density at radius 3 is 2.60 bits per heavy atom. The van der Waals surface area contributed by atoms with Crippen molar-refractivity contribution in [3.8, 4) is 0 Å². The lowest BCUT2D eigenvalue weighted by Crippen LogP contribution is -2.35. The molecule has 1 amide bonds. The highest BCUT2D eigenvalue weighted by atomic mass is 16.3. The van der Waals surface area contributed by atoms with Gasteiger partial charge in [0.25, 0.3) is 5.91 Å². The first kappa shape index (κ1) is 16.4. The van der Waals surface area contributed by atoms with Gasteiger partial charge in [0, 0.05) is 13.1 Å². The maximum Gasteiger partial charge on any atom is 0.271 e. The Morgan fingerprint density at radius 1 is 1.40 bits per heavy atom. The molecule has 1 atom stereocenters. The van der Waals surface area contributed by atoms with Crippen molar-refractivity contribution in [2.45, 2.75) is 39.7 Å². The van der Waals surface area contributed by atoms with Crippen molar-refractivity contribution in [1.82, 2.24) is 15.5 Å². The Morgan fingerprint density at radius 2 is 2.10 bits per heavy atom. The number of nitrogens with one attached hydrogen (secondary N) is 2. The molecule has 0 saturated carbocycles. The van der Waals surface area contributed by atoms with Crippen LogP contribution in [0.15, 0.2) is 12.1 Å². The van der Waals surface area contributed by atoms with Crippen LogP contribution >= 0.6 is 0 Å². The van der Waals surface area contributed by atoms with Gasteiger partial charge in [0.1, 0.15) is 5.82 Å². The highest BCUT2D eigenvalue weighted by Gasteiger charge is 2.21. The van der Waals surface area contributed by atoms with Gasteiger partial charge in [0.15, 0.2) is 5.69 Å². The smallest absolute Gasteiger partial charge is 0.271 e. The van der Waals surface area contributed by atoms with Crippen LogP contribution in [0.1, 0.15) is 44.6 Å². The van der Waals surface area contributed by atoms with Crippen LogP contribution in [-0.2, 0) is 0 Å². The normalized spacial score (nSPS) is 13.9. The van der Waals surface area contributed by atoms with Crippen LogP contribution in [0.5, 0.6) is 0 Å². The average molecular weight is 280 g/mol. The number of hydrogen-bond acceptors (Lipinski definition) is 5. The van der Waals surface area contributed by atoms with Crippen molar-refractivity contribution in [3.63, 3.8) is 0 Å². The van der Waals surface area contributed by atoms with E-state index in [1.807, 2.05) is 6.92 Å². The molecule has 112 valence electrons. The first-order valence-electron chi connectivity index (χ1n) is 6.92. The van der Waals surface area contributed by atoms with Crippen molar-refractivity contribution >= 4 is 11.7 Å². The Kier molecular flexibility index (Phi) is 5.88. The summed E-state index contributed by atoms with van der Waals surface area (Å²) in [5, 5.41) is 23.7. The summed E-state index contributed by atoms with van der Waals surface area (Å²) in [6.45, 7) is 8.71. The second-order valence-electron chi connectivity index (χ2n) is 5.61. The molecule has 0 saturated heterocycles. The average Bonchev–Trinajstić information content (AvgIpc) is 2.36. The molecular formula is C14H24N4O2. The van der Waals surface area contributed by atoms with Crippen molar-refractivity contribution < 1.29 is 9.90 Å². The molecule has 1 heterocycles. The maximum atomic E-state index is 11.5. The third kappa shape index (κ3) is 5.52. The Labute approximate surface area is 120 Å². The van der Waals surface area contributed by atoms with Gasteiger partial charge in [-0.05, 0) is 38.3 Å². The van der Waals surface area contributed by atoms with E-state index in [-0.39, 0.29) is 11.6 Å². The number of carbonyl (C=O) groups excluding carboxylic acids is 1. The fourth-order valence-electron chi connectivity index (χ4n) is 2.03. The molecule has 0 bridgehead atoms. The summed E-state index contributed by atoms with van der Waals surface area (Å²) in [5.74, 6) is 0.721. The van der Waals surface area contributed by atoms with Gasteiger partial charge in [-0.15, -0.1) is 10.2 Å². The maximum absolute atomic E-state index is 11.5. The number of nitrogens with zero attached hydrogens (tertiary/aromatic N) is 2. The van der Waals surface area contributed by atoms with Gasteiger partial charge in [0.2, 0.25) is 0 Å². The molecule has 1 rings (SSSR count). The van der Waals surface area contributed by atoms with Crippen LogP contribution in [-0.4, -0.2) is 39.9 Å². The lowest BCUT2D eigenvalue weighted by molar-refractivity contribution is 0.0514. The first-order valence-corrected chi connectivity index (χ1v) is 6.92. The Hall–Kier alpha value is -1.69. The van der Waals surface area contributed by atoms with E-state index in [4.69, 9.17) is 0 Å². The number of rotatable bonds is 7. The number of amides is 1. The highest BCUT2D eigenvalue weighted by Crippen LogP contribution is 2.16. The van der Waals surface area contributed by atoms with Crippen LogP contribution in [0.3, 0.4) is 0 Å². The van der Waals surface area contributed by atoms with Crippen molar-refractivity contribution in [1.29, 1.82) is 0 Å². The van der Waals surface area contributed by atoms with E-state index in [2.05, 4.69) is 34.7 Å². The van der Waals surface area contributed by atoms with E-state index >= 15 is 0 Å². The monoisotopic (exact) mass is 280 g/mol. The molecule has 6 nitrogen and oxygen atoms in total. The van der Waals surface area contributed by atoms with Crippen molar-refractivity contribution in [2.24, 2.45) is 5.92 Å². The molecule has 0 spiro atoms. The molecule has 0 aromatic carbocycles. The summed E-state index contributed by atoms with van der Waals surface area (Å²) in [5.41, 5.74) is -0.514. The zero-order valence-corrected chi connectivity index (χ0v) is 12.6. The summed E-state index contributed by atoms with van der Waals surface area (Å²) in [6.07, 6.45) is 0.699. The molecule has 1 aromatic rings. The van der Waals surface area contributed by atoms with Gasteiger partial charge in [-0.2, -0.15) is 0 Å². The third-order valence-electron chi connectivity index (χ3n) is 2.73. The van der Waals surface area contributed by atoms with E-state index in [0.717, 1.165) is 0 Å². The molecule has 0 aliphatic rings. The molecule has 20 heavy (non-hydrogen) atoms. The van der Waals surface area contributed by atoms with Gasteiger partial charge < -0.3 is 15.7 Å². The van der Waals surface area contributed by atoms with E-state index in [0.29, 0.717) is 31.2 Å². The number of aliphatic hydroxyl groups is 1. The van der Waals surface area contributed by atoms with Crippen molar-refractivity contribution in [3.05, 3.63) is 17.8 Å². The lowest BCUT2D eigenvalue weighted by atomic mass is 9.94. The molecule has 1 aromatic heterocycles. The first-order chi connectivity index (χ1) is 9.34. The highest BCUT2D eigenvalue weighted by molar-refractivity contribution is 5.92. The summed E-state index contributed by atoms with van der Waals surface area (Å²) in [7, 11) is 0. The quantitative estimate of drug-likeness (QED) is 0.703. The zero-order chi connectivity index (χ0) is 15.2. The van der Waals surface area contributed by atoms with Gasteiger partial charge in [-0.25, -0.2) is 0 Å². The molecule has 1 unspecified atom stereocenters. The van der Waals surface area contributed by atoms with Gasteiger partial charge in [-0.3, -0.25) is 4.79 Å². The Bertz CT molecular complexity index is 429. The van der Waals surface area contributed by atoms with E-state index < -0.39 is 5.60 Å². The van der Waals surface area contributed by atoms with Crippen LogP contribution in [0, 0.1) is 5.92 Å². The molecular weight excluding hydrogens is 256 g/mol. The molecule has 0 aliphatic heterocycles. The summed E-state index contributed by atoms with van der Waals surface area (Å²) in [6, 6.07) is 3.29. The second-order valence-corrected chi connectivity index (χ2v) is 5.61. The third-order valence-corrected chi connectivity index (χ3v) is 2.73. The molecule has 6 heteroatoms.